The molecule has 1 atom stereocenters. The van der Waals surface area contributed by atoms with Gasteiger partial charge in [0.25, 0.3) is 5.95 Å². The number of halogens is 1. The third kappa shape index (κ3) is 3.41. The van der Waals surface area contributed by atoms with Crippen LogP contribution in [0.15, 0.2) is 23.6 Å². The van der Waals surface area contributed by atoms with Crippen LogP contribution in [0.4, 0.5) is 0 Å². The van der Waals surface area contributed by atoms with Crippen LogP contribution >= 0.6 is 23.4 Å². The highest BCUT2D eigenvalue weighted by Crippen LogP contribution is 2.18. The number of hydrogen-bond acceptors (Lipinski definition) is 6. The third-order valence-corrected chi connectivity index (χ3v) is 3.44. The molecule has 2 rings (SSSR count). The van der Waals surface area contributed by atoms with Gasteiger partial charge >= 0.3 is 0 Å². The van der Waals surface area contributed by atoms with Crippen LogP contribution in [0.5, 0.6) is 0 Å². The molecule has 2 aromatic heterocycles. The summed E-state index contributed by atoms with van der Waals surface area (Å²) in [6.07, 6.45) is 3.37. The number of rotatable bonds is 5. The number of aliphatic hydroxyl groups is 1. The van der Waals surface area contributed by atoms with Crippen LogP contribution in [0.3, 0.4) is 0 Å². The van der Waals surface area contributed by atoms with Crippen LogP contribution in [0.25, 0.3) is 5.95 Å². The SMILES string of the molecule is CC(CO)CSc1nc(Cl)nc(-n2cccn2)n1. The summed E-state index contributed by atoms with van der Waals surface area (Å²) in [6, 6.07) is 1.78. The fourth-order valence-electron chi connectivity index (χ4n) is 1.15. The molecule has 6 nitrogen and oxygen atoms in total. The zero-order valence-corrected chi connectivity index (χ0v) is 11.3. The van der Waals surface area contributed by atoms with Crippen molar-refractivity contribution in [3.8, 4) is 5.95 Å². The summed E-state index contributed by atoms with van der Waals surface area (Å²) in [5.41, 5.74) is 0. The molecule has 0 saturated heterocycles. The maximum Gasteiger partial charge on any atom is 0.255 e. The van der Waals surface area contributed by atoms with Gasteiger partial charge in [0, 0.05) is 24.8 Å². The zero-order valence-electron chi connectivity index (χ0n) is 9.69. The lowest BCUT2D eigenvalue weighted by Crippen LogP contribution is -2.07. The van der Waals surface area contributed by atoms with Gasteiger partial charge in [-0.1, -0.05) is 18.7 Å². The molecule has 0 aliphatic heterocycles. The normalized spacial score (nSPS) is 12.6. The third-order valence-electron chi connectivity index (χ3n) is 2.09. The summed E-state index contributed by atoms with van der Waals surface area (Å²) < 4.78 is 1.52. The van der Waals surface area contributed by atoms with Gasteiger partial charge in [-0.3, -0.25) is 0 Å². The minimum Gasteiger partial charge on any atom is -0.396 e. The first kappa shape index (κ1) is 13.3. The molecule has 0 aromatic carbocycles. The van der Waals surface area contributed by atoms with Crippen LogP contribution in [0.2, 0.25) is 5.28 Å². The van der Waals surface area contributed by atoms with E-state index in [1.54, 1.807) is 18.5 Å². The summed E-state index contributed by atoms with van der Waals surface area (Å²) in [4.78, 5) is 12.3. The van der Waals surface area contributed by atoms with Crippen molar-refractivity contribution in [3.05, 3.63) is 23.7 Å². The van der Waals surface area contributed by atoms with Crippen molar-refractivity contribution >= 4 is 23.4 Å². The van der Waals surface area contributed by atoms with Crippen molar-refractivity contribution < 1.29 is 5.11 Å². The van der Waals surface area contributed by atoms with Gasteiger partial charge in [-0.2, -0.15) is 20.1 Å². The highest BCUT2D eigenvalue weighted by Gasteiger charge is 2.09. The average Bonchev–Trinajstić information content (AvgIpc) is 2.89. The van der Waals surface area contributed by atoms with E-state index in [9.17, 15) is 0 Å². The highest BCUT2D eigenvalue weighted by molar-refractivity contribution is 7.99. The Kier molecular flexibility index (Phi) is 4.51. The van der Waals surface area contributed by atoms with Gasteiger partial charge in [0.2, 0.25) is 5.28 Å². The lowest BCUT2D eigenvalue weighted by atomic mass is 10.2. The van der Waals surface area contributed by atoms with E-state index in [4.69, 9.17) is 16.7 Å². The Morgan fingerprint density at radius 2 is 2.28 bits per heavy atom. The second-order valence-electron chi connectivity index (χ2n) is 3.74. The highest BCUT2D eigenvalue weighted by atomic mass is 35.5. The maximum absolute atomic E-state index is 8.97. The van der Waals surface area contributed by atoms with E-state index in [2.05, 4.69) is 20.1 Å². The molecule has 8 heteroatoms. The molecule has 0 saturated carbocycles. The van der Waals surface area contributed by atoms with Crippen LogP contribution in [0.1, 0.15) is 6.92 Å². The van der Waals surface area contributed by atoms with Crippen LogP contribution < -0.4 is 0 Å². The van der Waals surface area contributed by atoms with Gasteiger partial charge in [-0.05, 0) is 23.6 Å². The Morgan fingerprint density at radius 1 is 1.44 bits per heavy atom. The van der Waals surface area contributed by atoms with Gasteiger partial charge in [0.1, 0.15) is 0 Å². The summed E-state index contributed by atoms with van der Waals surface area (Å²) in [7, 11) is 0. The molecular formula is C10H12ClN5OS. The van der Waals surface area contributed by atoms with E-state index in [-0.39, 0.29) is 17.8 Å². The van der Waals surface area contributed by atoms with Crippen molar-refractivity contribution in [2.75, 3.05) is 12.4 Å². The molecule has 2 aromatic rings. The number of aliphatic hydroxyl groups excluding tert-OH is 1. The number of aromatic nitrogens is 5. The minimum absolute atomic E-state index is 0.134. The second kappa shape index (κ2) is 6.12. The maximum atomic E-state index is 8.97. The van der Waals surface area contributed by atoms with E-state index in [0.717, 1.165) is 5.75 Å². The predicted octanol–water partition coefficient (Wildman–Crippen LogP) is 1.43. The first-order valence-corrected chi connectivity index (χ1v) is 6.70. The molecule has 0 bridgehead atoms. The Bertz CT molecular complexity index is 507. The number of thioether (sulfide) groups is 1. The van der Waals surface area contributed by atoms with Crippen LogP contribution in [-0.2, 0) is 0 Å². The molecule has 1 unspecified atom stereocenters. The van der Waals surface area contributed by atoms with Crippen molar-refractivity contribution in [3.63, 3.8) is 0 Å². The fraction of sp³-hybridized carbons (Fsp3) is 0.400. The average molecular weight is 286 g/mol. The van der Waals surface area contributed by atoms with E-state index in [1.807, 2.05) is 6.92 Å². The van der Waals surface area contributed by atoms with Crippen LogP contribution in [0, 0.1) is 5.92 Å². The lowest BCUT2D eigenvalue weighted by Gasteiger charge is -2.07. The molecule has 1 N–H and O–H groups in total. The summed E-state index contributed by atoms with van der Waals surface area (Å²) in [5.74, 6) is 1.29. The molecule has 0 aliphatic carbocycles. The Morgan fingerprint density at radius 3 is 2.94 bits per heavy atom. The quantitative estimate of drug-likeness (QED) is 0.838. The first-order valence-electron chi connectivity index (χ1n) is 5.34. The number of hydrogen-bond donors (Lipinski definition) is 1. The molecule has 96 valence electrons. The van der Waals surface area contributed by atoms with Crippen LogP contribution in [-0.4, -0.2) is 42.2 Å². The fourth-order valence-corrected chi connectivity index (χ4v) is 2.19. The van der Waals surface area contributed by atoms with E-state index >= 15 is 0 Å². The van der Waals surface area contributed by atoms with Gasteiger partial charge in [-0.15, -0.1) is 0 Å². The van der Waals surface area contributed by atoms with Gasteiger partial charge < -0.3 is 5.11 Å². The molecular weight excluding hydrogens is 274 g/mol. The Hall–Kier alpha value is -1.18. The van der Waals surface area contributed by atoms with Gasteiger partial charge in [-0.25, -0.2) is 4.68 Å². The summed E-state index contributed by atoms with van der Waals surface area (Å²) in [5, 5.41) is 13.7. The molecule has 0 amide bonds. The van der Waals surface area contributed by atoms with Gasteiger partial charge in [0.15, 0.2) is 5.16 Å². The van der Waals surface area contributed by atoms with Crippen molar-refractivity contribution in [2.24, 2.45) is 5.92 Å². The molecule has 18 heavy (non-hydrogen) atoms. The van der Waals surface area contributed by atoms with E-state index < -0.39 is 0 Å². The Balaban J connectivity index is 2.17. The molecule has 0 aliphatic rings. The molecule has 0 spiro atoms. The topological polar surface area (TPSA) is 76.7 Å². The number of nitrogens with zero attached hydrogens (tertiary/aromatic N) is 5. The van der Waals surface area contributed by atoms with Gasteiger partial charge in [0.05, 0.1) is 0 Å². The van der Waals surface area contributed by atoms with Crippen molar-refractivity contribution in [1.29, 1.82) is 0 Å². The van der Waals surface area contributed by atoms with Crippen molar-refractivity contribution in [1.82, 2.24) is 24.7 Å². The lowest BCUT2D eigenvalue weighted by molar-refractivity contribution is 0.250. The predicted molar refractivity (Wildman–Crippen MR) is 68.9 cm³/mol. The summed E-state index contributed by atoms with van der Waals surface area (Å²) >= 11 is 7.28. The molecule has 0 radical (unpaired) electrons. The first-order chi connectivity index (χ1) is 8.69. The molecule has 2 heterocycles. The smallest absolute Gasteiger partial charge is 0.255 e. The van der Waals surface area contributed by atoms with E-state index in [1.165, 1.54) is 16.4 Å². The monoisotopic (exact) mass is 285 g/mol. The summed E-state index contributed by atoms with van der Waals surface area (Å²) in [6.45, 7) is 2.09. The minimum atomic E-state index is 0.134. The largest absolute Gasteiger partial charge is 0.396 e. The van der Waals surface area contributed by atoms with E-state index in [0.29, 0.717) is 11.1 Å². The second-order valence-corrected chi connectivity index (χ2v) is 5.06. The standard InChI is InChI=1S/C10H12ClN5OS/c1-7(5-17)6-18-10-14-8(11)13-9(15-10)16-4-2-3-12-16/h2-4,7,17H,5-6H2,1H3. The molecule has 0 fully saturated rings. The zero-order chi connectivity index (χ0) is 13.0. The van der Waals surface area contributed by atoms with Crippen molar-refractivity contribution in [2.45, 2.75) is 12.1 Å². The Labute approximate surface area is 113 Å².